The molecule has 0 N–H and O–H groups in total. The number of non-ortho nitro benzene ring substituents is 1. The zero-order valence-electron chi connectivity index (χ0n) is 16.8. The number of amides is 1. The number of thiophene rings is 1. The lowest BCUT2D eigenvalue weighted by atomic mass is 10.2. The van der Waals surface area contributed by atoms with Crippen molar-refractivity contribution in [3.05, 3.63) is 80.5 Å². The minimum Gasteiger partial charge on any atom is -0.486 e. The van der Waals surface area contributed by atoms with E-state index in [1.807, 2.05) is 17.5 Å². The van der Waals surface area contributed by atoms with Crippen molar-refractivity contribution >= 4 is 34.6 Å². The second-order valence-electron chi connectivity index (χ2n) is 6.77. The van der Waals surface area contributed by atoms with Gasteiger partial charge in [-0.1, -0.05) is 12.1 Å². The first-order valence-electron chi connectivity index (χ1n) is 9.65. The van der Waals surface area contributed by atoms with Gasteiger partial charge in [0, 0.05) is 28.8 Å². The van der Waals surface area contributed by atoms with Gasteiger partial charge in [0.05, 0.1) is 17.0 Å². The number of rotatable bonds is 7. The summed E-state index contributed by atoms with van der Waals surface area (Å²) in [7, 11) is 0. The summed E-state index contributed by atoms with van der Waals surface area (Å²) >= 11 is 1.50. The van der Waals surface area contributed by atoms with Gasteiger partial charge in [-0.25, -0.2) is 4.79 Å². The maximum absolute atomic E-state index is 13.0. The van der Waals surface area contributed by atoms with E-state index in [0.717, 1.165) is 10.9 Å². The Morgan fingerprint density at radius 1 is 1.06 bits per heavy atom. The molecule has 1 aliphatic heterocycles. The van der Waals surface area contributed by atoms with Gasteiger partial charge in [0.25, 0.3) is 11.6 Å². The fourth-order valence-electron chi connectivity index (χ4n) is 3.12. The molecule has 2 heterocycles. The molecule has 10 heteroatoms. The van der Waals surface area contributed by atoms with Gasteiger partial charge in [0.15, 0.2) is 18.1 Å². The predicted molar refractivity (Wildman–Crippen MR) is 116 cm³/mol. The first-order chi connectivity index (χ1) is 15.5. The van der Waals surface area contributed by atoms with E-state index < -0.39 is 23.4 Å². The van der Waals surface area contributed by atoms with Crippen molar-refractivity contribution in [2.45, 2.75) is 6.54 Å². The number of fused-ring (bicyclic) bond motifs is 1. The number of hydrogen-bond donors (Lipinski definition) is 0. The van der Waals surface area contributed by atoms with E-state index in [1.54, 1.807) is 18.2 Å². The zero-order chi connectivity index (χ0) is 22.5. The minimum atomic E-state index is -0.819. The van der Waals surface area contributed by atoms with E-state index in [9.17, 15) is 19.7 Å². The third-order valence-corrected chi connectivity index (χ3v) is 5.51. The number of carbonyl (C=O) groups is 2. The van der Waals surface area contributed by atoms with Crippen LogP contribution in [-0.2, 0) is 16.1 Å². The molecule has 0 fully saturated rings. The normalized spacial score (nSPS) is 12.1. The maximum Gasteiger partial charge on any atom is 0.338 e. The number of ether oxygens (including phenoxy) is 3. The van der Waals surface area contributed by atoms with Gasteiger partial charge in [-0.05, 0) is 29.6 Å². The third kappa shape index (κ3) is 4.86. The summed E-state index contributed by atoms with van der Waals surface area (Å²) < 4.78 is 16.3. The van der Waals surface area contributed by atoms with Crippen LogP contribution in [0.25, 0.3) is 0 Å². The van der Waals surface area contributed by atoms with E-state index in [2.05, 4.69) is 0 Å². The topological polar surface area (TPSA) is 108 Å². The Labute approximate surface area is 186 Å². The lowest BCUT2D eigenvalue weighted by Gasteiger charge is -2.25. The Hall–Kier alpha value is -3.92. The molecule has 0 radical (unpaired) electrons. The molecule has 0 saturated heterocycles. The van der Waals surface area contributed by atoms with E-state index in [0.29, 0.717) is 30.4 Å². The number of carbonyl (C=O) groups excluding carboxylic acids is 2. The van der Waals surface area contributed by atoms with Crippen molar-refractivity contribution in [1.82, 2.24) is 0 Å². The van der Waals surface area contributed by atoms with Crippen molar-refractivity contribution in [2.24, 2.45) is 0 Å². The van der Waals surface area contributed by atoms with Gasteiger partial charge in [-0.3, -0.25) is 14.9 Å². The largest absolute Gasteiger partial charge is 0.486 e. The lowest BCUT2D eigenvalue weighted by molar-refractivity contribution is -0.384. The van der Waals surface area contributed by atoms with Gasteiger partial charge in [-0.2, -0.15) is 0 Å². The van der Waals surface area contributed by atoms with Crippen LogP contribution in [0.1, 0.15) is 15.2 Å². The fourth-order valence-corrected chi connectivity index (χ4v) is 3.81. The summed E-state index contributed by atoms with van der Waals surface area (Å²) in [5, 5.41) is 12.8. The van der Waals surface area contributed by atoms with Gasteiger partial charge < -0.3 is 19.1 Å². The average Bonchev–Trinajstić information content (AvgIpc) is 3.34. The minimum absolute atomic E-state index is 0.00358. The van der Waals surface area contributed by atoms with Crippen molar-refractivity contribution < 1.29 is 28.7 Å². The summed E-state index contributed by atoms with van der Waals surface area (Å²) in [6.45, 7) is 0.625. The van der Waals surface area contributed by atoms with Gasteiger partial charge in [-0.15, -0.1) is 11.3 Å². The Balaban J connectivity index is 1.51. The molecule has 32 heavy (non-hydrogen) atoms. The Morgan fingerprint density at radius 2 is 1.88 bits per heavy atom. The average molecular weight is 454 g/mol. The zero-order valence-corrected chi connectivity index (χ0v) is 17.6. The lowest BCUT2D eigenvalue weighted by Crippen LogP contribution is -2.34. The van der Waals surface area contributed by atoms with Crippen LogP contribution in [-0.4, -0.2) is 36.6 Å². The van der Waals surface area contributed by atoms with E-state index >= 15 is 0 Å². The van der Waals surface area contributed by atoms with Crippen LogP contribution in [0.5, 0.6) is 11.5 Å². The second kappa shape index (κ2) is 9.48. The first-order valence-corrected chi connectivity index (χ1v) is 10.5. The number of esters is 1. The molecule has 4 rings (SSSR count). The Bertz CT molecular complexity index is 1150. The predicted octanol–water partition coefficient (Wildman–Crippen LogP) is 3.82. The Morgan fingerprint density at radius 3 is 2.62 bits per heavy atom. The number of nitrogens with zero attached hydrogens (tertiary/aromatic N) is 2. The monoisotopic (exact) mass is 454 g/mol. The summed E-state index contributed by atoms with van der Waals surface area (Å²) in [6, 6.07) is 14.1. The van der Waals surface area contributed by atoms with Crippen LogP contribution >= 0.6 is 11.3 Å². The Kier molecular flexibility index (Phi) is 6.31. The van der Waals surface area contributed by atoms with Crippen LogP contribution in [0.3, 0.4) is 0 Å². The van der Waals surface area contributed by atoms with Gasteiger partial charge in [0.2, 0.25) is 0 Å². The highest BCUT2D eigenvalue weighted by atomic mass is 32.1. The molecule has 1 aliphatic rings. The van der Waals surface area contributed by atoms with E-state index in [-0.39, 0.29) is 17.8 Å². The van der Waals surface area contributed by atoms with Crippen molar-refractivity contribution in [1.29, 1.82) is 0 Å². The molecular formula is C22H18N2O7S. The van der Waals surface area contributed by atoms with Crippen molar-refractivity contribution in [2.75, 3.05) is 24.7 Å². The highest BCUT2D eigenvalue weighted by Crippen LogP contribution is 2.34. The highest BCUT2D eigenvalue weighted by Gasteiger charge is 2.22. The van der Waals surface area contributed by atoms with E-state index in [4.69, 9.17) is 14.2 Å². The molecule has 0 saturated carbocycles. The summed E-state index contributed by atoms with van der Waals surface area (Å²) in [5.74, 6) is -0.138. The smallest absolute Gasteiger partial charge is 0.338 e. The highest BCUT2D eigenvalue weighted by molar-refractivity contribution is 7.09. The van der Waals surface area contributed by atoms with Gasteiger partial charge >= 0.3 is 5.97 Å². The molecule has 9 nitrogen and oxygen atoms in total. The quantitative estimate of drug-likeness (QED) is 0.303. The number of anilines is 1. The maximum atomic E-state index is 13.0. The summed E-state index contributed by atoms with van der Waals surface area (Å²) in [6.07, 6.45) is 0. The summed E-state index contributed by atoms with van der Waals surface area (Å²) in [4.78, 5) is 38.1. The molecule has 2 aromatic carbocycles. The van der Waals surface area contributed by atoms with Crippen LogP contribution in [0.4, 0.5) is 11.4 Å². The molecule has 0 atom stereocenters. The van der Waals surface area contributed by atoms with E-state index in [1.165, 1.54) is 34.4 Å². The second-order valence-corrected chi connectivity index (χ2v) is 7.80. The number of benzene rings is 2. The van der Waals surface area contributed by atoms with Crippen LogP contribution in [0.15, 0.2) is 60.0 Å². The number of nitro benzene ring substituents is 1. The number of nitro groups is 1. The molecule has 164 valence electrons. The fraction of sp³-hybridized carbons (Fsp3) is 0.182. The van der Waals surface area contributed by atoms with Crippen LogP contribution in [0, 0.1) is 10.1 Å². The molecule has 1 amide bonds. The molecular weight excluding hydrogens is 436 g/mol. The SMILES string of the molecule is O=C(OCC(=O)N(Cc1cccs1)c1ccc2c(c1)OCCO2)c1cccc([N+](=O)[O-])c1. The molecule has 0 bridgehead atoms. The third-order valence-electron chi connectivity index (χ3n) is 4.65. The van der Waals surface area contributed by atoms with Crippen LogP contribution in [0.2, 0.25) is 0 Å². The number of hydrogen-bond acceptors (Lipinski definition) is 8. The van der Waals surface area contributed by atoms with Crippen LogP contribution < -0.4 is 14.4 Å². The summed E-state index contributed by atoms with van der Waals surface area (Å²) in [5.41, 5.74) is 0.330. The molecule has 3 aromatic rings. The molecule has 0 aliphatic carbocycles. The first kappa shape index (κ1) is 21.3. The van der Waals surface area contributed by atoms with Gasteiger partial charge in [0.1, 0.15) is 13.2 Å². The molecule has 1 aromatic heterocycles. The molecule has 0 unspecified atom stereocenters. The standard InChI is InChI=1S/C22H18N2O7S/c25-21(14-31-22(26)15-3-1-4-17(11-15)24(27)28)23(13-18-5-2-10-32-18)16-6-7-19-20(12-16)30-9-8-29-19/h1-7,10-12H,8-9,13-14H2. The van der Waals surface area contributed by atoms with Crippen molar-refractivity contribution in [3.8, 4) is 11.5 Å². The van der Waals surface area contributed by atoms with Crippen molar-refractivity contribution in [3.63, 3.8) is 0 Å². The molecule has 0 spiro atoms.